The molecule has 0 saturated carbocycles. The Kier molecular flexibility index (Phi) is 4.31. The number of carboxylic acids is 1. The van der Waals surface area contributed by atoms with Gasteiger partial charge in [0.05, 0.1) is 0 Å². The summed E-state index contributed by atoms with van der Waals surface area (Å²) in [5, 5.41) is 10.2. The van der Waals surface area contributed by atoms with Gasteiger partial charge in [-0.2, -0.15) is 0 Å². The van der Waals surface area contributed by atoms with Crippen molar-refractivity contribution >= 4 is 5.97 Å². The summed E-state index contributed by atoms with van der Waals surface area (Å²) < 4.78 is 0. The summed E-state index contributed by atoms with van der Waals surface area (Å²) in [5.41, 5.74) is 6.41. The van der Waals surface area contributed by atoms with Crippen molar-refractivity contribution in [1.29, 1.82) is 0 Å². The number of hydrogen-bond donors (Lipinski definition) is 1. The Bertz CT molecular complexity index is 319. The first kappa shape index (κ1) is 11.7. The number of carbonyl (C=O) groups excluding carboxylic acids is 1. The van der Waals surface area contributed by atoms with Crippen LogP contribution in [0.1, 0.15) is 36.4 Å². The number of benzene rings is 1. The van der Waals surface area contributed by atoms with E-state index in [4.69, 9.17) is 0 Å². The maximum absolute atomic E-state index is 10.2. The van der Waals surface area contributed by atoms with Crippen LogP contribution in [0.3, 0.4) is 0 Å². The smallest absolute Gasteiger partial charge is 0.110 e. The summed E-state index contributed by atoms with van der Waals surface area (Å²) >= 11 is 0. The van der Waals surface area contributed by atoms with Crippen molar-refractivity contribution in [2.45, 2.75) is 32.2 Å². The molecule has 0 aliphatic carbocycles. The summed E-state index contributed by atoms with van der Waals surface area (Å²) in [6.45, 7) is 2.04. The highest BCUT2D eigenvalue weighted by Gasteiger charge is 2.08. The van der Waals surface area contributed by atoms with E-state index in [1.165, 1.54) is 11.1 Å². The predicted octanol–water partition coefficient (Wildman–Crippen LogP) is 0.198. The molecule has 1 rings (SSSR count). The molecule has 1 aromatic rings. The van der Waals surface area contributed by atoms with Gasteiger partial charge in [-0.15, -0.1) is 0 Å². The van der Waals surface area contributed by atoms with Crippen LogP contribution in [0.5, 0.6) is 0 Å². The van der Waals surface area contributed by atoms with Gasteiger partial charge in [0.25, 0.3) is 0 Å². The van der Waals surface area contributed by atoms with Crippen molar-refractivity contribution < 1.29 is 15.6 Å². The third-order valence-corrected chi connectivity index (χ3v) is 2.48. The number of rotatable bonds is 5. The quantitative estimate of drug-likeness (QED) is 0.749. The number of carbonyl (C=O) groups is 1. The largest absolute Gasteiger partial charge is 0.550 e. The summed E-state index contributed by atoms with van der Waals surface area (Å²) in [4.78, 5) is 10.2. The molecule has 1 aromatic carbocycles. The molecule has 3 nitrogen and oxygen atoms in total. The average Bonchev–Trinajstić information content (AvgIpc) is 2.18. The SMILES string of the molecule is Cc1ccc([C@@H]([NH3+])CCCC(=O)[O-])cc1. The summed E-state index contributed by atoms with van der Waals surface area (Å²) in [6.07, 6.45) is 1.54. The van der Waals surface area contributed by atoms with E-state index in [1.54, 1.807) is 0 Å². The van der Waals surface area contributed by atoms with Crippen LogP contribution in [-0.4, -0.2) is 5.97 Å². The standard InChI is InChI=1S/C12H17NO2/c1-9-5-7-10(8-6-9)11(13)3-2-4-12(14)15/h5-8,11H,2-4,13H2,1H3,(H,14,15)/t11-/m0/s1. The maximum atomic E-state index is 10.2. The lowest BCUT2D eigenvalue weighted by atomic mass is 10.0. The minimum absolute atomic E-state index is 0.123. The highest BCUT2D eigenvalue weighted by atomic mass is 16.4. The number of carboxylic acid groups (broad SMARTS) is 1. The van der Waals surface area contributed by atoms with E-state index in [1.807, 2.05) is 31.2 Å². The summed E-state index contributed by atoms with van der Waals surface area (Å²) in [7, 11) is 0. The van der Waals surface area contributed by atoms with Gasteiger partial charge >= 0.3 is 0 Å². The highest BCUT2D eigenvalue weighted by molar-refractivity contribution is 5.64. The number of aliphatic carboxylic acids is 1. The monoisotopic (exact) mass is 207 g/mol. The molecule has 0 aliphatic heterocycles. The second kappa shape index (κ2) is 5.51. The molecule has 82 valence electrons. The lowest BCUT2D eigenvalue weighted by Crippen LogP contribution is -2.53. The van der Waals surface area contributed by atoms with Gasteiger partial charge in [-0.1, -0.05) is 29.8 Å². The van der Waals surface area contributed by atoms with Crippen molar-refractivity contribution in [3.8, 4) is 0 Å². The Labute approximate surface area is 89.9 Å². The minimum Gasteiger partial charge on any atom is -0.550 e. The fraction of sp³-hybridized carbons (Fsp3) is 0.417. The normalized spacial score (nSPS) is 12.4. The lowest BCUT2D eigenvalue weighted by molar-refractivity contribution is -0.428. The minimum atomic E-state index is -0.980. The Balaban J connectivity index is 2.43. The number of aryl methyl sites for hydroxylation is 1. The third-order valence-electron chi connectivity index (χ3n) is 2.48. The molecule has 0 radical (unpaired) electrons. The van der Waals surface area contributed by atoms with Crippen LogP contribution in [0.25, 0.3) is 0 Å². The fourth-order valence-electron chi connectivity index (χ4n) is 1.50. The zero-order valence-electron chi connectivity index (χ0n) is 9.03. The van der Waals surface area contributed by atoms with Crippen molar-refractivity contribution in [3.63, 3.8) is 0 Å². The maximum Gasteiger partial charge on any atom is 0.110 e. The van der Waals surface area contributed by atoms with Gasteiger partial charge in [0.1, 0.15) is 6.04 Å². The molecule has 0 aliphatic rings. The van der Waals surface area contributed by atoms with Crippen molar-refractivity contribution in [2.75, 3.05) is 0 Å². The van der Waals surface area contributed by atoms with E-state index in [9.17, 15) is 9.90 Å². The molecule has 0 saturated heterocycles. The Morgan fingerprint density at radius 1 is 1.40 bits per heavy atom. The first-order valence-corrected chi connectivity index (χ1v) is 5.19. The second-order valence-corrected chi connectivity index (χ2v) is 3.87. The van der Waals surface area contributed by atoms with Crippen molar-refractivity contribution in [2.24, 2.45) is 0 Å². The molecule has 0 unspecified atom stereocenters. The van der Waals surface area contributed by atoms with Crippen LogP contribution in [0.4, 0.5) is 0 Å². The second-order valence-electron chi connectivity index (χ2n) is 3.87. The van der Waals surface area contributed by atoms with Crippen molar-refractivity contribution in [1.82, 2.24) is 0 Å². The van der Waals surface area contributed by atoms with Gasteiger partial charge in [0.2, 0.25) is 0 Å². The molecular formula is C12H17NO2. The lowest BCUT2D eigenvalue weighted by Gasteiger charge is -2.09. The van der Waals surface area contributed by atoms with Gasteiger partial charge in [0, 0.05) is 18.0 Å². The fourth-order valence-corrected chi connectivity index (χ4v) is 1.50. The van der Waals surface area contributed by atoms with E-state index < -0.39 is 5.97 Å². The van der Waals surface area contributed by atoms with E-state index in [0.717, 1.165) is 6.42 Å². The molecular weight excluding hydrogens is 190 g/mol. The molecule has 3 N–H and O–H groups in total. The first-order valence-electron chi connectivity index (χ1n) is 5.19. The summed E-state index contributed by atoms with van der Waals surface area (Å²) in [6, 6.07) is 8.36. The molecule has 3 heteroatoms. The summed E-state index contributed by atoms with van der Waals surface area (Å²) in [5.74, 6) is -0.980. The molecule has 0 amide bonds. The topological polar surface area (TPSA) is 67.8 Å². The molecule has 1 atom stereocenters. The van der Waals surface area contributed by atoms with Crippen LogP contribution < -0.4 is 10.8 Å². The highest BCUT2D eigenvalue weighted by Crippen LogP contribution is 2.15. The molecule has 0 bridgehead atoms. The molecule has 0 aromatic heterocycles. The Morgan fingerprint density at radius 2 is 2.00 bits per heavy atom. The Morgan fingerprint density at radius 3 is 2.53 bits per heavy atom. The Hall–Kier alpha value is -1.35. The van der Waals surface area contributed by atoms with Gasteiger partial charge in [-0.3, -0.25) is 0 Å². The van der Waals surface area contributed by atoms with Gasteiger partial charge in [-0.05, 0) is 19.8 Å². The molecule has 0 spiro atoms. The van der Waals surface area contributed by atoms with Crippen LogP contribution in [-0.2, 0) is 4.79 Å². The zero-order valence-corrected chi connectivity index (χ0v) is 9.03. The van der Waals surface area contributed by atoms with E-state index in [0.29, 0.717) is 6.42 Å². The van der Waals surface area contributed by atoms with E-state index in [-0.39, 0.29) is 12.5 Å². The van der Waals surface area contributed by atoms with Gasteiger partial charge in [0.15, 0.2) is 0 Å². The van der Waals surface area contributed by atoms with Gasteiger partial charge in [-0.25, -0.2) is 0 Å². The molecule has 0 heterocycles. The number of hydrogen-bond acceptors (Lipinski definition) is 2. The third kappa shape index (κ3) is 4.13. The zero-order chi connectivity index (χ0) is 11.3. The number of quaternary nitrogens is 1. The van der Waals surface area contributed by atoms with E-state index in [2.05, 4.69) is 5.73 Å². The first-order chi connectivity index (χ1) is 7.09. The van der Waals surface area contributed by atoms with Crippen molar-refractivity contribution in [3.05, 3.63) is 35.4 Å². The van der Waals surface area contributed by atoms with Crippen LogP contribution in [0.2, 0.25) is 0 Å². The van der Waals surface area contributed by atoms with E-state index >= 15 is 0 Å². The van der Waals surface area contributed by atoms with Crippen LogP contribution in [0, 0.1) is 6.92 Å². The van der Waals surface area contributed by atoms with Gasteiger partial charge < -0.3 is 15.6 Å². The molecule has 15 heavy (non-hydrogen) atoms. The van der Waals surface area contributed by atoms with Crippen LogP contribution >= 0.6 is 0 Å². The predicted molar refractivity (Wildman–Crippen MR) is 55.7 cm³/mol. The van der Waals surface area contributed by atoms with Crippen LogP contribution in [0.15, 0.2) is 24.3 Å². The average molecular weight is 207 g/mol. The molecule has 0 fully saturated rings.